The number of carbonyl (C=O) groups is 1. The summed E-state index contributed by atoms with van der Waals surface area (Å²) in [6, 6.07) is 10.9. The number of Topliss-reactive ketones (excluding diaryl/α,β-unsaturated/α-hetero) is 1. The molecule has 1 atom stereocenters. The summed E-state index contributed by atoms with van der Waals surface area (Å²) in [5.41, 5.74) is 2.61. The normalized spacial score (nSPS) is 12.3. The van der Waals surface area contributed by atoms with Crippen LogP contribution in [-0.4, -0.2) is 15.6 Å². The number of furan rings is 1. The molecule has 0 fully saturated rings. The Labute approximate surface area is 150 Å². The molecule has 0 radical (unpaired) electrons. The third-order valence-corrected chi connectivity index (χ3v) is 5.31. The molecule has 0 amide bonds. The zero-order valence-electron chi connectivity index (χ0n) is 14.4. The van der Waals surface area contributed by atoms with E-state index in [2.05, 4.69) is 4.57 Å². The van der Waals surface area contributed by atoms with Crippen molar-refractivity contribution in [2.45, 2.75) is 37.6 Å². The molecule has 0 unspecified atom stereocenters. The number of ketones is 1. The van der Waals surface area contributed by atoms with Crippen LogP contribution in [0.25, 0.3) is 0 Å². The average molecular weight is 356 g/mol. The van der Waals surface area contributed by atoms with Crippen molar-refractivity contribution in [3.8, 4) is 0 Å². The number of carbonyl (C=O) groups excluding carboxylic acids is 1. The summed E-state index contributed by atoms with van der Waals surface area (Å²) < 4.78 is 8.26. The number of aromatic nitrogens is 2. The standard InChI is InChI=1S/C19H20N2O3S/c1-13-11-17(14(2)20(13)12-16-7-6-10-24-16)19(22)15(3)25-18-8-4-5-9-21(18)23/h4-11,15H,12H2,1-3H3/t15-/m0/s1. The fourth-order valence-corrected chi connectivity index (χ4v) is 3.73. The molecule has 3 aromatic heterocycles. The fraction of sp³-hybridized carbons (Fsp3) is 0.263. The first-order chi connectivity index (χ1) is 12.0. The number of aryl methyl sites for hydroxylation is 1. The van der Waals surface area contributed by atoms with Crippen LogP contribution in [0.4, 0.5) is 0 Å². The second-order valence-corrected chi connectivity index (χ2v) is 7.30. The van der Waals surface area contributed by atoms with E-state index in [0.717, 1.165) is 21.9 Å². The molecule has 3 aromatic rings. The molecular weight excluding hydrogens is 336 g/mol. The van der Waals surface area contributed by atoms with Gasteiger partial charge in [-0.1, -0.05) is 0 Å². The van der Waals surface area contributed by atoms with Crippen molar-refractivity contribution in [3.63, 3.8) is 0 Å². The molecule has 0 saturated heterocycles. The van der Waals surface area contributed by atoms with Crippen molar-refractivity contribution in [1.29, 1.82) is 0 Å². The lowest BCUT2D eigenvalue weighted by atomic mass is 10.1. The molecule has 0 aliphatic heterocycles. The van der Waals surface area contributed by atoms with Gasteiger partial charge in [0, 0.05) is 29.1 Å². The Bertz CT molecular complexity index is 884. The molecular formula is C19H20N2O3S. The van der Waals surface area contributed by atoms with Gasteiger partial charge in [-0.05, 0) is 56.8 Å². The molecule has 0 aromatic carbocycles. The van der Waals surface area contributed by atoms with Gasteiger partial charge in [0.05, 0.1) is 18.1 Å². The lowest BCUT2D eigenvalue weighted by molar-refractivity contribution is -0.645. The zero-order valence-corrected chi connectivity index (χ0v) is 15.2. The fourth-order valence-electron chi connectivity index (χ4n) is 2.81. The summed E-state index contributed by atoms with van der Waals surface area (Å²) in [7, 11) is 0. The molecule has 25 heavy (non-hydrogen) atoms. The van der Waals surface area contributed by atoms with Gasteiger partial charge in [-0.25, -0.2) is 0 Å². The van der Waals surface area contributed by atoms with Gasteiger partial charge in [-0.2, -0.15) is 4.73 Å². The highest BCUT2D eigenvalue weighted by molar-refractivity contribution is 8.00. The van der Waals surface area contributed by atoms with Gasteiger partial charge in [0.15, 0.2) is 12.0 Å². The number of nitrogens with zero attached hydrogens (tertiary/aromatic N) is 2. The van der Waals surface area contributed by atoms with Crippen LogP contribution in [0, 0.1) is 19.1 Å². The Kier molecular flexibility index (Phi) is 4.99. The van der Waals surface area contributed by atoms with Crippen LogP contribution in [-0.2, 0) is 6.54 Å². The van der Waals surface area contributed by atoms with E-state index in [4.69, 9.17) is 4.42 Å². The van der Waals surface area contributed by atoms with Gasteiger partial charge >= 0.3 is 0 Å². The lowest BCUT2D eigenvalue weighted by Crippen LogP contribution is -2.29. The highest BCUT2D eigenvalue weighted by Gasteiger charge is 2.24. The number of rotatable bonds is 6. The Balaban J connectivity index is 1.81. The maximum absolute atomic E-state index is 12.9. The van der Waals surface area contributed by atoms with Gasteiger partial charge in [-0.3, -0.25) is 4.79 Å². The summed E-state index contributed by atoms with van der Waals surface area (Å²) in [5.74, 6) is 0.868. The Morgan fingerprint density at radius 1 is 1.32 bits per heavy atom. The molecule has 0 spiro atoms. The minimum atomic E-state index is -0.347. The van der Waals surface area contributed by atoms with Gasteiger partial charge in [0.1, 0.15) is 5.76 Å². The lowest BCUT2D eigenvalue weighted by Gasteiger charge is -2.11. The van der Waals surface area contributed by atoms with Crippen LogP contribution in [0.5, 0.6) is 0 Å². The zero-order chi connectivity index (χ0) is 18.0. The maximum Gasteiger partial charge on any atom is 0.252 e. The van der Waals surface area contributed by atoms with E-state index in [-0.39, 0.29) is 11.0 Å². The molecule has 0 aliphatic carbocycles. The Morgan fingerprint density at radius 3 is 2.80 bits per heavy atom. The van der Waals surface area contributed by atoms with Crippen LogP contribution in [0.3, 0.4) is 0 Å². The number of thioether (sulfide) groups is 1. The molecule has 0 bridgehead atoms. The molecule has 6 heteroatoms. The first-order valence-corrected chi connectivity index (χ1v) is 8.93. The molecule has 5 nitrogen and oxygen atoms in total. The van der Waals surface area contributed by atoms with Crippen LogP contribution in [0.1, 0.15) is 34.4 Å². The third-order valence-electron chi connectivity index (χ3n) is 4.19. The summed E-state index contributed by atoms with van der Waals surface area (Å²) >= 11 is 1.28. The Morgan fingerprint density at radius 2 is 2.12 bits per heavy atom. The van der Waals surface area contributed by atoms with E-state index in [9.17, 15) is 10.0 Å². The molecule has 3 rings (SSSR count). The van der Waals surface area contributed by atoms with E-state index < -0.39 is 0 Å². The molecule has 0 N–H and O–H groups in total. The number of hydrogen-bond donors (Lipinski definition) is 0. The maximum atomic E-state index is 12.9. The number of hydrogen-bond acceptors (Lipinski definition) is 4. The van der Waals surface area contributed by atoms with Crippen LogP contribution in [0.15, 0.2) is 58.3 Å². The van der Waals surface area contributed by atoms with E-state index >= 15 is 0 Å². The van der Waals surface area contributed by atoms with Gasteiger partial charge in [-0.15, -0.1) is 0 Å². The van der Waals surface area contributed by atoms with Crippen molar-refractivity contribution in [2.24, 2.45) is 0 Å². The molecule has 0 aliphatic rings. The van der Waals surface area contributed by atoms with Crippen LogP contribution >= 0.6 is 11.8 Å². The summed E-state index contributed by atoms with van der Waals surface area (Å²) in [5, 5.41) is 12.0. The third kappa shape index (κ3) is 3.64. The smallest absolute Gasteiger partial charge is 0.252 e. The van der Waals surface area contributed by atoms with Crippen molar-refractivity contribution >= 4 is 17.5 Å². The summed E-state index contributed by atoms with van der Waals surface area (Å²) in [6.45, 7) is 6.35. The number of pyridine rings is 1. The van der Waals surface area contributed by atoms with E-state index in [1.165, 1.54) is 18.0 Å². The van der Waals surface area contributed by atoms with Gasteiger partial charge in [0.2, 0.25) is 0 Å². The summed E-state index contributed by atoms with van der Waals surface area (Å²) in [4.78, 5) is 12.9. The van der Waals surface area contributed by atoms with Crippen molar-refractivity contribution in [2.75, 3.05) is 0 Å². The highest BCUT2D eigenvalue weighted by Crippen LogP contribution is 2.26. The van der Waals surface area contributed by atoms with Gasteiger partial charge in [0.25, 0.3) is 5.03 Å². The van der Waals surface area contributed by atoms with Gasteiger partial charge < -0.3 is 14.2 Å². The second-order valence-electron chi connectivity index (χ2n) is 5.94. The average Bonchev–Trinajstić information content (AvgIpc) is 3.20. The largest absolute Gasteiger partial charge is 0.618 e. The van der Waals surface area contributed by atoms with Crippen molar-refractivity contribution in [3.05, 3.63) is 76.8 Å². The molecule has 130 valence electrons. The quantitative estimate of drug-likeness (QED) is 0.292. The van der Waals surface area contributed by atoms with Crippen molar-refractivity contribution < 1.29 is 13.9 Å². The van der Waals surface area contributed by atoms with E-state index in [0.29, 0.717) is 17.1 Å². The minimum absolute atomic E-state index is 0.0210. The predicted molar refractivity (Wildman–Crippen MR) is 96.8 cm³/mol. The minimum Gasteiger partial charge on any atom is -0.618 e. The molecule has 3 heterocycles. The molecule has 0 saturated carbocycles. The second kappa shape index (κ2) is 7.19. The Hall–Kier alpha value is -2.47. The first kappa shape index (κ1) is 17.4. The van der Waals surface area contributed by atoms with E-state index in [1.54, 1.807) is 24.5 Å². The topological polar surface area (TPSA) is 62.1 Å². The monoisotopic (exact) mass is 356 g/mol. The van der Waals surface area contributed by atoms with Crippen molar-refractivity contribution in [1.82, 2.24) is 4.57 Å². The van der Waals surface area contributed by atoms with E-state index in [1.807, 2.05) is 39.0 Å². The predicted octanol–water partition coefficient (Wildman–Crippen LogP) is 3.74. The first-order valence-electron chi connectivity index (χ1n) is 8.05. The SMILES string of the molecule is Cc1cc(C(=O)[C@H](C)Sc2cccc[n+]2[O-])c(C)n1Cc1ccco1. The van der Waals surface area contributed by atoms with Crippen LogP contribution in [0.2, 0.25) is 0 Å². The highest BCUT2D eigenvalue weighted by atomic mass is 32.2. The summed E-state index contributed by atoms with van der Waals surface area (Å²) in [6.07, 6.45) is 3.08. The van der Waals surface area contributed by atoms with Crippen LogP contribution < -0.4 is 4.73 Å².